The van der Waals surface area contributed by atoms with E-state index in [0.29, 0.717) is 13.2 Å². The molecule has 0 N–H and O–H groups in total. The first-order valence-corrected chi connectivity index (χ1v) is 9.92. The lowest BCUT2D eigenvalue weighted by Crippen LogP contribution is -2.09. The first-order chi connectivity index (χ1) is 14.3. The monoisotopic (exact) mass is 379 g/mol. The standard InChI is InChI=1S/C27H25NO/c1-22-12-16-26(17-13-22)28(25-10-6-3-7-11-25)27-18-14-24(15-19-27)21-29-20-23-8-4-2-5-9-23/h2-19H,20-21H2,1H3. The van der Waals surface area contributed by atoms with Crippen molar-refractivity contribution in [2.75, 3.05) is 4.90 Å². The largest absolute Gasteiger partial charge is 0.372 e. The lowest BCUT2D eigenvalue weighted by atomic mass is 10.1. The SMILES string of the molecule is Cc1ccc(N(c2ccccc2)c2ccc(COCc3ccccc3)cc2)cc1. The van der Waals surface area contributed by atoms with Gasteiger partial charge in [0.25, 0.3) is 0 Å². The Labute approximate surface area is 173 Å². The van der Waals surface area contributed by atoms with Gasteiger partial charge in [-0.25, -0.2) is 0 Å². The second kappa shape index (κ2) is 9.22. The summed E-state index contributed by atoms with van der Waals surface area (Å²) < 4.78 is 5.87. The smallest absolute Gasteiger partial charge is 0.0721 e. The maximum Gasteiger partial charge on any atom is 0.0721 e. The van der Waals surface area contributed by atoms with Crippen LogP contribution in [0.4, 0.5) is 17.1 Å². The maximum absolute atomic E-state index is 5.87. The first kappa shape index (κ1) is 19.0. The number of nitrogens with zero attached hydrogens (tertiary/aromatic N) is 1. The second-order valence-electron chi connectivity index (χ2n) is 7.15. The summed E-state index contributed by atoms with van der Waals surface area (Å²) in [6, 6.07) is 38.0. The highest BCUT2D eigenvalue weighted by Gasteiger charge is 2.11. The van der Waals surface area contributed by atoms with Crippen LogP contribution < -0.4 is 4.90 Å². The van der Waals surface area contributed by atoms with Gasteiger partial charge in [0, 0.05) is 17.1 Å². The molecule has 0 unspecified atom stereocenters. The van der Waals surface area contributed by atoms with Gasteiger partial charge in [-0.05, 0) is 54.4 Å². The Kier molecular flexibility index (Phi) is 6.04. The summed E-state index contributed by atoms with van der Waals surface area (Å²) in [5.41, 5.74) is 7.04. The van der Waals surface area contributed by atoms with Crippen molar-refractivity contribution in [3.05, 3.63) is 126 Å². The van der Waals surface area contributed by atoms with Crippen molar-refractivity contribution in [1.82, 2.24) is 0 Å². The van der Waals surface area contributed by atoms with Crippen LogP contribution in [-0.4, -0.2) is 0 Å². The zero-order valence-electron chi connectivity index (χ0n) is 16.7. The molecule has 0 heterocycles. The molecule has 0 saturated heterocycles. The van der Waals surface area contributed by atoms with Gasteiger partial charge in [0.1, 0.15) is 0 Å². The topological polar surface area (TPSA) is 12.5 Å². The Hall–Kier alpha value is -3.36. The maximum atomic E-state index is 5.87. The van der Waals surface area contributed by atoms with E-state index in [2.05, 4.69) is 96.8 Å². The van der Waals surface area contributed by atoms with Crippen LogP contribution in [0.25, 0.3) is 0 Å². The first-order valence-electron chi connectivity index (χ1n) is 9.92. The van der Waals surface area contributed by atoms with E-state index in [4.69, 9.17) is 4.74 Å². The highest BCUT2D eigenvalue weighted by molar-refractivity contribution is 5.76. The van der Waals surface area contributed by atoms with Gasteiger partial charge in [-0.2, -0.15) is 0 Å². The van der Waals surface area contributed by atoms with Gasteiger partial charge in [0.15, 0.2) is 0 Å². The number of rotatable bonds is 7. The Morgan fingerprint density at radius 2 is 0.966 bits per heavy atom. The highest BCUT2D eigenvalue weighted by Crippen LogP contribution is 2.34. The molecule has 0 atom stereocenters. The molecule has 4 aromatic rings. The number of benzene rings is 4. The molecule has 0 amide bonds. The molecule has 144 valence electrons. The fourth-order valence-corrected chi connectivity index (χ4v) is 3.32. The van der Waals surface area contributed by atoms with Crippen LogP contribution in [0.1, 0.15) is 16.7 Å². The molecule has 0 aliphatic carbocycles. The summed E-state index contributed by atoms with van der Waals surface area (Å²) in [6.45, 7) is 3.34. The summed E-state index contributed by atoms with van der Waals surface area (Å²) in [6.07, 6.45) is 0. The fourth-order valence-electron chi connectivity index (χ4n) is 3.32. The molecule has 0 spiro atoms. The van der Waals surface area contributed by atoms with Crippen molar-refractivity contribution in [2.24, 2.45) is 0 Å². The molecule has 0 bridgehead atoms. The van der Waals surface area contributed by atoms with E-state index in [0.717, 1.165) is 17.1 Å². The van der Waals surface area contributed by atoms with Crippen molar-refractivity contribution < 1.29 is 4.74 Å². The fraction of sp³-hybridized carbons (Fsp3) is 0.111. The lowest BCUT2D eigenvalue weighted by Gasteiger charge is -2.25. The third kappa shape index (κ3) is 4.92. The second-order valence-corrected chi connectivity index (χ2v) is 7.15. The molecule has 4 aromatic carbocycles. The third-order valence-electron chi connectivity index (χ3n) is 4.88. The normalized spacial score (nSPS) is 10.7. The van der Waals surface area contributed by atoms with Crippen molar-refractivity contribution >= 4 is 17.1 Å². The van der Waals surface area contributed by atoms with E-state index >= 15 is 0 Å². The third-order valence-corrected chi connectivity index (χ3v) is 4.88. The van der Waals surface area contributed by atoms with Crippen LogP contribution in [0.2, 0.25) is 0 Å². The average Bonchev–Trinajstić information content (AvgIpc) is 2.78. The molecule has 0 aromatic heterocycles. The van der Waals surface area contributed by atoms with E-state index in [1.165, 1.54) is 16.7 Å². The minimum absolute atomic E-state index is 0.602. The Balaban J connectivity index is 1.51. The van der Waals surface area contributed by atoms with E-state index < -0.39 is 0 Å². The van der Waals surface area contributed by atoms with Gasteiger partial charge in [-0.1, -0.05) is 78.4 Å². The number of para-hydroxylation sites is 1. The molecule has 4 rings (SSSR count). The number of anilines is 3. The molecule has 0 aliphatic rings. The van der Waals surface area contributed by atoms with Crippen molar-refractivity contribution in [2.45, 2.75) is 20.1 Å². The van der Waals surface area contributed by atoms with Gasteiger partial charge < -0.3 is 9.64 Å². The summed E-state index contributed by atoms with van der Waals surface area (Å²) in [7, 11) is 0. The van der Waals surface area contributed by atoms with Gasteiger partial charge >= 0.3 is 0 Å². The highest BCUT2D eigenvalue weighted by atomic mass is 16.5. The Bertz CT molecular complexity index is 1010. The molecule has 0 radical (unpaired) electrons. The quantitative estimate of drug-likeness (QED) is 0.337. The molecular formula is C27H25NO. The van der Waals surface area contributed by atoms with Crippen LogP contribution in [0.5, 0.6) is 0 Å². The number of aryl methyl sites for hydroxylation is 1. The lowest BCUT2D eigenvalue weighted by molar-refractivity contribution is 0.107. The van der Waals surface area contributed by atoms with E-state index in [9.17, 15) is 0 Å². The molecule has 0 fully saturated rings. The summed E-state index contributed by atoms with van der Waals surface area (Å²) >= 11 is 0. The van der Waals surface area contributed by atoms with Gasteiger partial charge in [-0.15, -0.1) is 0 Å². The molecule has 2 nitrogen and oxygen atoms in total. The number of hydrogen-bond donors (Lipinski definition) is 0. The molecule has 0 saturated carbocycles. The van der Waals surface area contributed by atoms with Crippen LogP contribution >= 0.6 is 0 Å². The van der Waals surface area contributed by atoms with Gasteiger partial charge in [0.05, 0.1) is 13.2 Å². The van der Waals surface area contributed by atoms with E-state index in [1.807, 2.05) is 24.3 Å². The number of ether oxygens (including phenoxy) is 1. The molecule has 2 heteroatoms. The van der Waals surface area contributed by atoms with E-state index in [1.54, 1.807) is 0 Å². The van der Waals surface area contributed by atoms with Crippen LogP contribution in [-0.2, 0) is 18.0 Å². The van der Waals surface area contributed by atoms with E-state index in [-0.39, 0.29) is 0 Å². The average molecular weight is 380 g/mol. The number of hydrogen-bond acceptors (Lipinski definition) is 2. The zero-order chi connectivity index (χ0) is 19.9. The molecule has 0 aliphatic heterocycles. The summed E-state index contributed by atoms with van der Waals surface area (Å²) in [4.78, 5) is 2.27. The van der Waals surface area contributed by atoms with Gasteiger partial charge in [0.2, 0.25) is 0 Å². The van der Waals surface area contributed by atoms with Crippen LogP contribution in [0.3, 0.4) is 0 Å². The van der Waals surface area contributed by atoms with Crippen LogP contribution in [0.15, 0.2) is 109 Å². The summed E-state index contributed by atoms with van der Waals surface area (Å²) in [5.74, 6) is 0. The van der Waals surface area contributed by atoms with Crippen molar-refractivity contribution in [3.63, 3.8) is 0 Å². The Morgan fingerprint density at radius 3 is 1.55 bits per heavy atom. The van der Waals surface area contributed by atoms with Gasteiger partial charge in [-0.3, -0.25) is 0 Å². The predicted molar refractivity (Wildman–Crippen MR) is 121 cm³/mol. The predicted octanol–water partition coefficient (Wildman–Crippen LogP) is 7.18. The zero-order valence-corrected chi connectivity index (χ0v) is 16.7. The Morgan fingerprint density at radius 1 is 0.517 bits per heavy atom. The van der Waals surface area contributed by atoms with Crippen molar-refractivity contribution in [1.29, 1.82) is 0 Å². The minimum atomic E-state index is 0.602. The van der Waals surface area contributed by atoms with Crippen molar-refractivity contribution in [3.8, 4) is 0 Å². The molecule has 29 heavy (non-hydrogen) atoms. The van der Waals surface area contributed by atoms with Crippen LogP contribution in [0, 0.1) is 6.92 Å². The minimum Gasteiger partial charge on any atom is -0.372 e. The summed E-state index contributed by atoms with van der Waals surface area (Å²) in [5, 5.41) is 0. The molecular weight excluding hydrogens is 354 g/mol.